The van der Waals surface area contributed by atoms with Gasteiger partial charge in [0, 0.05) is 19.0 Å². The molecule has 0 heterocycles. The molecule has 0 unspecified atom stereocenters. The van der Waals surface area contributed by atoms with Crippen molar-refractivity contribution < 1.29 is 18.0 Å². The molecule has 20 heavy (non-hydrogen) atoms. The van der Waals surface area contributed by atoms with Crippen molar-refractivity contribution in [3.05, 3.63) is 0 Å². The van der Waals surface area contributed by atoms with Crippen LogP contribution in [0, 0.1) is 29.1 Å². The van der Waals surface area contributed by atoms with Crippen molar-refractivity contribution >= 4 is 5.91 Å². The quantitative estimate of drug-likeness (QED) is 0.780. The van der Waals surface area contributed by atoms with Crippen molar-refractivity contribution in [3.8, 4) is 6.07 Å². The lowest BCUT2D eigenvalue weighted by Crippen LogP contribution is -2.40. The topological polar surface area (TPSA) is 44.1 Å². The van der Waals surface area contributed by atoms with Gasteiger partial charge in [-0.15, -0.1) is 0 Å². The van der Waals surface area contributed by atoms with Gasteiger partial charge in [-0.05, 0) is 31.1 Å². The second-order valence-corrected chi connectivity index (χ2v) is 5.88. The van der Waals surface area contributed by atoms with E-state index in [1.807, 2.05) is 6.07 Å². The number of halogens is 3. The lowest BCUT2D eigenvalue weighted by Gasteiger charge is -2.29. The Kier molecular flexibility index (Phi) is 4.56. The fourth-order valence-corrected chi connectivity index (χ4v) is 3.56. The Bertz CT molecular complexity index is 402. The first-order valence-electron chi connectivity index (χ1n) is 7.13. The van der Waals surface area contributed by atoms with Crippen LogP contribution in [0.1, 0.15) is 38.5 Å². The van der Waals surface area contributed by atoms with Crippen LogP contribution >= 0.6 is 0 Å². The van der Waals surface area contributed by atoms with E-state index < -0.39 is 12.6 Å². The smallest absolute Gasteiger partial charge is 0.341 e. The van der Waals surface area contributed by atoms with Crippen LogP contribution in [0.5, 0.6) is 0 Å². The van der Waals surface area contributed by atoms with E-state index >= 15 is 0 Å². The molecule has 1 amide bonds. The van der Waals surface area contributed by atoms with E-state index in [2.05, 4.69) is 0 Å². The van der Waals surface area contributed by atoms with Crippen LogP contribution in [0.2, 0.25) is 0 Å². The zero-order chi connectivity index (χ0) is 14.8. The molecular formula is C14H19F3N2O. The van der Waals surface area contributed by atoms with E-state index in [0.717, 1.165) is 25.7 Å². The standard InChI is InChI=1S/C14H19F3N2O/c15-14(16,17)4-7-19(6-1-5-18)13(20)12-9-10-2-3-11(12)8-10/h10-12H,1-4,6-9H2/t10-,11-,12+/m0/s1. The minimum absolute atomic E-state index is 0.0877. The third kappa shape index (κ3) is 3.65. The molecule has 3 atom stereocenters. The Morgan fingerprint density at radius 3 is 2.50 bits per heavy atom. The van der Waals surface area contributed by atoms with Gasteiger partial charge in [-0.25, -0.2) is 0 Å². The fourth-order valence-electron chi connectivity index (χ4n) is 3.56. The van der Waals surface area contributed by atoms with Crippen LogP contribution in [-0.4, -0.2) is 30.1 Å². The van der Waals surface area contributed by atoms with Gasteiger partial charge in [0.25, 0.3) is 0 Å². The minimum Gasteiger partial charge on any atom is -0.341 e. The van der Waals surface area contributed by atoms with E-state index in [-0.39, 0.29) is 31.3 Å². The summed E-state index contributed by atoms with van der Waals surface area (Å²) in [4.78, 5) is 13.7. The van der Waals surface area contributed by atoms with E-state index in [1.54, 1.807) is 0 Å². The number of carbonyl (C=O) groups is 1. The lowest BCUT2D eigenvalue weighted by molar-refractivity contribution is -0.148. The molecule has 0 aromatic carbocycles. The van der Waals surface area contributed by atoms with Gasteiger partial charge in [0.1, 0.15) is 0 Å². The molecule has 2 saturated carbocycles. The van der Waals surface area contributed by atoms with Gasteiger partial charge in [-0.1, -0.05) is 6.42 Å². The fraction of sp³-hybridized carbons (Fsp3) is 0.857. The molecule has 6 heteroatoms. The highest BCUT2D eigenvalue weighted by Gasteiger charge is 2.44. The molecular weight excluding hydrogens is 269 g/mol. The van der Waals surface area contributed by atoms with E-state index in [1.165, 1.54) is 4.90 Å². The second-order valence-electron chi connectivity index (χ2n) is 5.88. The third-order valence-electron chi connectivity index (χ3n) is 4.53. The molecule has 2 aliphatic rings. The van der Waals surface area contributed by atoms with Crippen LogP contribution in [0.15, 0.2) is 0 Å². The van der Waals surface area contributed by atoms with Crippen molar-refractivity contribution in [2.45, 2.75) is 44.7 Å². The van der Waals surface area contributed by atoms with E-state index in [9.17, 15) is 18.0 Å². The van der Waals surface area contributed by atoms with Gasteiger partial charge in [-0.3, -0.25) is 4.79 Å². The number of hydrogen-bond acceptors (Lipinski definition) is 2. The molecule has 0 aromatic rings. The maximum atomic E-state index is 12.4. The average Bonchev–Trinajstić information content (AvgIpc) is 2.99. The summed E-state index contributed by atoms with van der Waals surface area (Å²) in [5.41, 5.74) is 0. The van der Waals surface area contributed by atoms with E-state index in [0.29, 0.717) is 11.8 Å². The first kappa shape index (κ1) is 15.1. The first-order chi connectivity index (χ1) is 9.40. The summed E-state index contributed by atoms with van der Waals surface area (Å²) in [6, 6.07) is 1.90. The summed E-state index contributed by atoms with van der Waals surface area (Å²) in [7, 11) is 0. The number of nitriles is 1. The molecule has 2 rings (SSSR count). The zero-order valence-electron chi connectivity index (χ0n) is 11.3. The van der Waals surface area contributed by atoms with Crippen molar-refractivity contribution in [1.29, 1.82) is 5.26 Å². The van der Waals surface area contributed by atoms with Gasteiger partial charge in [0.2, 0.25) is 5.91 Å². The predicted octanol–water partition coefficient (Wildman–Crippen LogP) is 3.12. The normalized spacial score (nSPS) is 28.4. The predicted molar refractivity (Wildman–Crippen MR) is 66.4 cm³/mol. The largest absolute Gasteiger partial charge is 0.390 e. The Labute approximate surface area is 116 Å². The third-order valence-corrected chi connectivity index (χ3v) is 4.53. The van der Waals surface area contributed by atoms with E-state index in [4.69, 9.17) is 5.26 Å². The number of carbonyl (C=O) groups excluding carboxylic acids is 1. The highest BCUT2D eigenvalue weighted by Crippen LogP contribution is 2.48. The summed E-state index contributed by atoms with van der Waals surface area (Å²) in [5.74, 6) is 0.648. The molecule has 3 nitrogen and oxygen atoms in total. The van der Waals surface area contributed by atoms with Crippen LogP contribution in [-0.2, 0) is 4.79 Å². The number of hydrogen-bond donors (Lipinski definition) is 0. The van der Waals surface area contributed by atoms with Crippen LogP contribution < -0.4 is 0 Å². The van der Waals surface area contributed by atoms with Gasteiger partial charge in [-0.2, -0.15) is 18.4 Å². The zero-order valence-corrected chi connectivity index (χ0v) is 11.3. The molecule has 2 bridgehead atoms. The van der Waals surface area contributed by atoms with Gasteiger partial charge >= 0.3 is 6.18 Å². The molecule has 0 saturated heterocycles. The van der Waals surface area contributed by atoms with Crippen molar-refractivity contribution in [2.75, 3.05) is 13.1 Å². The van der Waals surface area contributed by atoms with Crippen molar-refractivity contribution in [2.24, 2.45) is 17.8 Å². The Balaban J connectivity index is 1.95. The maximum Gasteiger partial charge on any atom is 0.390 e. The number of nitrogens with zero attached hydrogens (tertiary/aromatic N) is 2. The number of alkyl halides is 3. The Morgan fingerprint density at radius 1 is 1.25 bits per heavy atom. The SMILES string of the molecule is N#CCCN(CCC(F)(F)F)C(=O)[C@@H]1C[C@H]2CC[C@H]1C2. The molecule has 0 aliphatic heterocycles. The number of rotatable bonds is 5. The first-order valence-corrected chi connectivity index (χ1v) is 7.13. The molecule has 0 aromatic heterocycles. The maximum absolute atomic E-state index is 12.4. The molecule has 0 radical (unpaired) electrons. The highest BCUT2D eigenvalue weighted by molar-refractivity contribution is 5.79. The number of fused-ring (bicyclic) bond motifs is 2. The number of amides is 1. The molecule has 0 spiro atoms. The van der Waals surface area contributed by atoms with Gasteiger partial charge in [0.15, 0.2) is 0 Å². The minimum atomic E-state index is -4.26. The van der Waals surface area contributed by atoms with Crippen LogP contribution in [0.3, 0.4) is 0 Å². The summed E-state index contributed by atoms with van der Waals surface area (Å²) in [5, 5.41) is 8.59. The lowest BCUT2D eigenvalue weighted by atomic mass is 9.87. The summed E-state index contributed by atoms with van der Waals surface area (Å²) in [6.45, 7) is -0.211. The Morgan fingerprint density at radius 2 is 2.00 bits per heavy atom. The summed E-state index contributed by atoms with van der Waals surface area (Å²) < 4.78 is 37.0. The Hall–Kier alpha value is -1.25. The summed E-state index contributed by atoms with van der Waals surface area (Å²) in [6.07, 6.45) is -1.14. The average molecular weight is 288 g/mol. The van der Waals surface area contributed by atoms with Gasteiger partial charge < -0.3 is 4.90 Å². The molecule has 2 aliphatic carbocycles. The van der Waals surface area contributed by atoms with Crippen molar-refractivity contribution in [3.63, 3.8) is 0 Å². The second kappa shape index (κ2) is 6.02. The molecule has 112 valence electrons. The van der Waals surface area contributed by atoms with Crippen molar-refractivity contribution in [1.82, 2.24) is 4.90 Å². The molecule has 2 fully saturated rings. The summed E-state index contributed by atoms with van der Waals surface area (Å²) >= 11 is 0. The van der Waals surface area contributed by atoms with Gasteiger partial charge in [0.05, 0.1) is 18.9 Å². The highest BCUT2D eigenvalue weighted by atomic mass is 19.4. The van der Waals surface area contributed by atoms with Crippen LogP contribution in [0.25, 0.3) is 0 Å². The van der Waals surface area contributed by atoms with Crippen LogP contribution in [0.4, 0.5) is 13.2 Å². The monoisotopic (exact) mass is 288 g/mol. The molecule has 0 N–H and O–H groups in total.